The maximum Gasteiger partial charge on any atom is 0.287 e. The monoisotopic (exact) mass is 494 g/mol. The molecule has 2 saturated heterocycles. The molecule has 36 heavy (non-hydrogen) atoms. The molecule has 8 nitrogen and oxygen atoms in total. The van der Waals surface area contributed by atoms with Crippen LogP contribution >= 0.6 is 0 Å². The number of nitrogens with one attached hydrogen (secondary N) is 1. The predicted octanol–water partition coefficient (Wildman–Crippen LogP) is 3.84. The van der Waals surface area contributed by atoms with Crippen LogP contribution < -0.4 is 14.8 Å². The SMILES string of the molecule is COc1ccc(OC)c(CN2CCC(O)(c3ccc4oc(C(=O)NC[C@@H]5CCCO5)cc4c3)CC2)c1. The normalized spacial score (nSPS) is 19.9. The smallest absolute Gasteiger partial charge is 0.287 e. The highest BCUT2D eigenvalue weighted by molar-refractivity contribution is 5.96. The summed E-state index contributed by atoms with van der Waals surface area (Å²) < 4.78 is 22.2. The van der Waals surface area contributed by atoms with Crippen LogP contribution in [0.2, 0.25) is 0 Å². The van der Waals surface area contributed by atoms with Crippen LogP contribution in [0.15, 0.2) is 46.9 Å². The lowest BCUT2D eigenvalue weighted by Crippen LogP contribution is -2.42. The molecule has 0 saturated carbocycles. The Bertz CT molecular complexity index is 1210. The van der Waals surface area contributed by atoms with Gasteiger partial charge >= 0.3 is 0 Å². The number of methoxy groups -OCH3 is 2. The summed E-state index contributed by atoms with van der Waals surface area (Å²) in [5, 5.41) is 15.2. The summed E-state index contributed by atoms with van der Waals surface area (Å²) in [4.78, 5) is 14.9. The number of ether oxygens (including phenoxy) is 3. The fraction of sp³-hybridized carbons (Fsp3) is 0.464. The number of likely N-dealkylation sites (tertiary alicyclic amines) is 1. The van der Waals surface area contributed by atoms with Crippen molar-refractivity contribution in [2.24, 2.45) is 0 Å². The van der Waals surface area contributed by atoms with Gasteiger partial charge in [-0.25, -0.2) is 0 Å². The number of aliphatic hydroxyl groups is 1. The number of hydrogen-bond donors (Lipinski definition) is 2. The van der Waals surface area contributed by atoms with Crippen molar-refractivity contribution < 1.29 is 28.5 Å². The largest absolute Gasteiger partial charge is 0.497 e. The number of carbonyl (C=O) groups excluding carboxylic acids is 1. The van der Waals surface area contributed by atoms with Gasteiger partial charge in [-0.1, -0.05) is 6.07 Å². The molecule has 2 N–H and O–H groups in total. The minimum atomic E-state index is -0.928. The average Bonchev–Trinajstić information content (AvgIpc) is 3.58. The van der Waals surface area contributed by atoms with E-state index in [1.165, 1.54) is 0 Å². The van der Waals surface area contributed by atoms with E-state index in [0.717, 1.165) is 67.1 Å². The van der Waals surface area contributed by atoms with Crippen LogP contribution in [0, 0.1) is 0 Å². The molecule has 3 heterocycles. The van der Waals surface area contributed by atoms with Crippen molar-refractivity contribution in [2.75, 3.05) is 40.5 Å². The van der Waals surface area contributed by atoms with Gasteiger partial charge in [0.25, 0.3) is 5.91 Å². The van der Waals surface area contributed by atoms with Gasteiger partial charge in [-0.2, -0.15) is 0 Å². The van der Waals surface area contributed by atoms with Gasteiger partial charge in [-0.15, -0.1) is 0 Å². The van der Waals surface area contributed by atoms with Gasteiger partial charge in [0.05, 0.1) is 25.9 Å². The highest BCUT2D eigenvalue weighted by Gasteiger charge is 2.34. The fourth-order valence-corrected chi connectivity index (χ4v) is 5.16. The van der Waals surface area contributed by atoms with Gasteiger partial charge in [0.1, 0.15) is 17.1 Å². The van der Waals surface area contributed by atoms with E-state index in [1.807, 2.05) is 36.4 Å². The van der Waals surface area contributed by atoms with Crippen LogP contribution in [0.5, 0.6) is 11.5 Å². The maximum atomic E-state index is 12.6. The van der Waals surface area contributed by atoms with E-state index in [9.17, 15) is 9.90 Å². The molecule has 2 aromatic carbocycles. The average molecular weight is 495 g/mol. The third-order valence-corrected chi connectivity index (χ3v) is 7.36. The Morgan fingerprint density at radius 2 is 1.97 bits per heavy atom. The number of carbonyl (C=O) groups is 1. The summed E-state index contributed by atoms with van der Waals surface area (Å²) in [6.07, 6.45) is 3.29. The topological polar surface area (TPSA) is 93.4 Å². The molecule has 2 fully saturated rings. The molecule has 1 atom stereocenters. The highest BCUT2D eigenvalue weighted by Crippen LogP contribution is 2.36. The quantitative estimate of drug-likeness (QED) is 0.491. The van der Waals surface area contributed by atoms with Gasteiger partial charge in [-0.05, 0) is 67.6 Å². The number of hydrogen-bond acceptors (Lipinski definition) is 7. The summed E-state index contributed by atoms with van der Waals surface area (Å²) in [5.74, 6) is 1.66. The van der Waals surface area contributed by atoms with Crippen molar-refractivity contribution in [1.29, 1.82) is 0 Å². The molecular weight excluding hydrogens is 460 g/mol. The third-order valence-electron chi connectivity index (χ3n) is 7.36. The molecule has 0 bridgehead atoms. The summed E-state index contributed by atoms with van der Waals surface area (Å²) >= 11 is 0. The zero-order valence-corrected chi connectivity index (χ0v) is 20.9. The molecule has 1 aromatic heterocycles. The number of amides is 1. The van der Waals surface area contributed by atoms with Crippen molar-refractivity contribution in [3.05, 3.63) is 59.4 Å². The van der Waals surface area contributed by atoms with Crippen LogP contribution in [-0.2, 0) is 16.9 Å². The zero-order valence-electron chi connectivity index (χ0n) is 20.9. The lowest BCUT2D eigenvalue weighted by Gasteiger charge is -2.38. The molecular formula is C28H34N2O6. The van der Waals surface area contributed by atoms with Crippen LogP contribution in [0.3, 0.4) is 0 Å². The predicted molar refractivity (Wildman–Crippen MR) is 135 cm³/mol. The van der Waals surface area contributed by atoms with E-state index in [2.05, 4.69) is 10.2 Å². The molecule has 8 heteroatoms. The van der Waals surface area contributed by atoms with Gasteiger partial charge in [0, 0.05) is 43.7 Å². The van der Waals surface area contributed by atoms with Gasteiger partial charge in [0.2, 0.25) is 0 Å². The van der Waals surface area contributed by atoms with Crippen molar-refractivity contribution in [2.45, 2.75) is 43.9 Å². The lowest BCUT2D eigenvalue weighted by molar-refractivity contribution is -0.0277. The molecule has 3 aromatic rings. The number of nitrogens with zero attached hydrogens (tertiary/aromatic N) is 1. The Labute approximate surface area is 211 Å². The van der Waals surface area contributed by atoms with Crippen molar-refractivity contribution >= 4 is 16.9 Å². The van der Waals surface area contributed by atoms with Crippen molar-refractivity contribution in [1.82, 2.24) is 10.2 Å². The van der Waals surface area contributed by atoms with E-state index in [1.54, 1.807) is 20.3 Å². The number of fused-ring (bicyclic) bond motifs is 1. The summed E-state index contributed by atoms with van der Waals surface area (Å²) in [6, 6.07) is 13.2. The number of benzene rings is 2. The van der Waals surface area contributed by atoms with Gasteiger partial charge in [0.15, 0.2) is 5.76 Å². The van der Waals surface area contributed by atoms with Crippen LogP contribution in [0.4, 0.5) is 0 Å². The van der Waals surface area contributed by atoms with E-state index >= 15 is 0 Å². The second-order valence-electron chi connectivity index (χ2n) is 9.69. The number of rotatable bonds is 8. The molecule has 192 valence electrons. The fourth-order valence-electron chi connectivity index (χ4n) is 5.16. The first-order chi connectivity index (χ1) is 17.5. The molecule has 5 rings (SSSR count). The maximum absolute atomic E-state index is 12.6. The Morgan fingerprint density at radius 3 is 2.69 bits per heavy atom. The minimum absolute atomic E-state index is 0.0788. The first-order valence-electron chi connectivity index (χ1n) is 12.6. The molecule has 2 aliphatic rings. The van der Waals surface area contributed by atoms with Gasteiger partial charge < -0.3 is 29.1 Å². The summed E-state index contributed by atoms with van der Waals surface area (Å²) in [6.45, 7) is 3.46. The molecule has 1 amide bonds. The lowest BCUT2D eigenvalue weighted by atomic mass is 9.84. The van der Waals surface area contributed by atoms with Crippen LogP contribution in [0.1, 0.15) is 47.4 Å². The van der Waals surface area contributed by atoms with Crippen LogP contribution in [-0.4, -0.2) is 62.5 Å². The Hall–Kier alpha value is -3.07. The van der Waals surface area contributed by atoms with E-state index < -0.39 is 5.60 Å². The first kappa shape index (κ1) is 24.6. The summed E-state index contributed by atoms with van der Waals surface area (Å²) in [5.41, 5.74) is 1.61. The van der Waals surface area contributed by atoms with E-state index in [0.29, 0.717) is 25.0 Å². The number of piperidine rings is 1. The number of furan rings is 1. The Balaban J connectivity index is 1.23. The Morgan fingerprint density at radius 1 is 1.14 bits per heavy atom. The second kappa shape index (κ2) is 10.5. The third kappa shape index (κ3) is 5.21. The van der Waals surface area contributed by atoms with E-state index in [4.69, 9.17) is 18.6 Å². The van der Waals surface area contributed by atoms with Crippen molar-refractivity contribution in [3.63, 3.8) is 0 Å². The highest BCUT2D eigenvalue weighted by atomic mass is 16.5. The summed E-state index contributed by atoms with van der Waals surface area (Å²) in [7, 11) is 3.33. The Kier molecular flexibility index (Phi) is 7.18. The first-order valence-corrected chi connectivity index (χ1v) is 12.6. The minimum Gasteiger partial charge on any atom is -0.497 e. The van der Waals surface area contributed by atoms with Crippen LogP contribution in [0.25, 0.3) is 11.0 Å². The van der Waals surface area contributed by atoms with Crippen molar-refractivity contribution in [3.8, 4) is 11.5 Å². The molecule has 0 radical (unpaired) electrons. The van der Waals surface area contributed by atoms with E-state index in [-0.39, 0.29) is 17.8 Å². The molecule has 0 unspecified atom stereocenters. The molecule has 0 aliphatic carbocycles. The molecule has 0 spiro atoms. The van der Waals surface area contributed by atoms with Gasteiger partial charge in [-0.3, -0.25) is 9.69 Å². The zero-order chi connectivity index (χ0) is 25.1. The molecule has 2 aliphatic heterocycles. The second-order valence-corrected chi connectivity index (χ2v) is 9.69. The standard InChI is InChI=1S/C28H34N2O6/c1-33-22-6-8-24(34-2)20(15-22)18-30-11-9-28(32,10-12-30)21-5-7-25-19(14-21)16-26(36-25)27(31)29-17-23-4-3-13-35-23/h5-8,14-16,23,32H,3-4,9-13,17-18H2,1-2H3,(H,29,31)/t23-/m0/s1.